The lowest BCUT2D eigenvalue weighted by Crippen LogP contribution is -2.23. The summed E-state index contributed by atoms with van der Waals surface area (Å²) in [5, 5.41) is 9.16. The Hall–Kier alpha value is -3.55. The van der Waals surface area contributed by atoms with E-state index in [2.05, 4.69) is 9.72 Å². The first kappa shape index (κ1) is 19.2. The van der Waals surface area contributed by atoms with Crippen LogP contribution in [0, 0.1) is 0 Å². The summed E-state index contributed by atoms with van der Waals surface area (Å²) in [5.41, 5.74) is 0.942. The number of carboxylic acid groups (broad SMARTS) is 1. The van der Waals surface area contributed by atoms with Crippen molar-refractivity contribution >= 4 is 29.2 Å². The zero-order valence-corrected chi connectivity index (χ0v) is 14.8. The Kier molecular flexibility index (Phi) is 5.49. The molecule has 0 saturated carbocycles. The van der Waals surface area contributed by atoms with Crippen LogP contribution >= 0.6 is 0 Å². The molecule has 1 N–H and O–H groups in total. The number of fused-ring (bicyclic) bond motifs is 1. The van der Waals surface area contributed by atoms with Gasteiger partial charge < -0.3 is 14.4 Å². The minimum atomic E-state index is -2.97. The number of aryl methyl sites for hydroxylation is 1. The number of alkyl halides is 2. The SMILES string of the molecule is CCn1c(=O)c(C=Cc2ccccc2OC(F)F)nc2cc(C(=O)O)ccc21. The van der Waals surface area contributed by atoms with Gasteiger partial charge in [-0.3, -0.25) is 4.79 Å². The normalized spacial score (nSPS) is 11.4. The highest BCUT2D eigenvalue weighted by Gasteiger charge is 2.12. The van der Waals surface area contributed by atoms with E-state index >= 15 is 0 Å². The van der Waals surface area contributed by atoms with Gasteiger partial charge in [0.05, 0.1) is 16.6 Å². The van der Waals surface area contributed by atoms with Crippen LogP contribution in [0.2, 0.25) is 0 Å². The highest BCUT2D eigenvalue weighted by Crippen LogP contribution is 2.22. The van der Waals surface area contributed by atoms with E-state index in [0.717, 1.165) is 0 Å². The van der Waals surface area contributed by atoms with Crippen LogP contribution in [0.5, 0.6) is 5.75 Å². The van der Waals surface area contributed by atoms with Crippen molar-refractivity contribution in [3.8, 4) is 5.75 Å². The van der Waals surface area contributed by atoms with Crippen molar-refractivity contribution in [2.24, 2.45) is 0 Å². The van der Waals surface area contributed by atoms with Crippen LogP contribution in [-0.2, 0) is 6.54 Å². The van der Waals surface area contributed by atoms with Gasteiger partial charge >= 0.3 is 12.6 Å². The van der Waals surface area contributed by atoms with Crippen molar-refractivity contribution in [1.29, 1.82) is 0 Å². The molecule has 0 unspecified atom stereocenters. The van der Waals surface area contributed by atoms with Crippen LogP contribution < -0.4 is 10.3 Å². The smallest absolute Gasteiger partial charge is 0.387 e. The number of halogens is 2. The molecule has 0 aliphatic heterocycles. The van der Waals surface area contributed by atoms with E-state index in [1.165, 1.54) is 41.0 Å². The molecule has 0 saturated heterocycles. The van der Waals surface area contributed by atoms with E-state index in [1.54, 1.807) is 25.1 Å². The first-order valence-electron chi connectivity index (χ1n) is 8.40. The zero-order chi connectivity index (χ0) is 20.3. The van der Waals surface area contributed by atoms with Gasteiger partial charge in [0.2, 0.25) is 0 Å². The van der Waals surface area contributed by atoms with Crippen LogP contribution in [0.3, 0.4) is 0 Å². The van der Waals surface area contributed by atoms with Gasteiger partial charge in [-0.2, -0.15) is 8.78 Å². The van der Waals surface area contributed by atoms with E-state index in [1.807, 2.05) is 0 Å². The number of rotatable bonds is 6. The number of hydrogen-bond acceptors (Lipinski definition) is 4. The lowest BCUT2D eigenvalue weighted by atomic mass is 10.1. The molecule has 0 aliphatic carbocycles. The molecule has 0 radical (unpaired) electrons. The molecule has 0 bridgehead atoms. The highest BCUT2D eigenvalue weighted by atomic mass is 19.3. The van der Waals surface area contributed by atoms with Crippen LogP contribution in [0.4, 0.5) is 8.78 Å². The zero-order valence-electron chi connectivity index (χ0n) is 14.8. The van der Waals surface area contributed by atoms with E-state index in [9.17, 15) is 18.4 Å². The fourth-order valence-corrected chi connectivity index (χ4v) is 2.81. The van der Waals surface area contributed by atoms with E-state index in [4.69, 9.17) is 5.11 Å². The molecular weight excluding hydrogens is 370 g/mol. The Morgan fingerprint density at radius 1 is 1.25 bits per heavy atom. The fraction of sp³-hybridized carbons (Fsp3) is 0.150. The molecule has 0 spiro atoms. The quantitative estimate of drug-likeness (QED) is 0.695. The lowest BCUT2D eigenvalue weighted by Gasteiger charge is -2.10. The molecule has 2 aromatic carbocycles. The Bertz CT molecular complexity index is 1120. The number of nitrogens with zero attached hydrogens (tertiary/aromatic N) is 2. The third kappa shape index (κ3) is 3.90. The van der Waals surface area contributed by atoms with E-state index < -0.39 is 12.6 Å². The van der Waals surface area contributed by atoms with Crippen molar-refractivity contribution in [3.63, 3.8) is 0 Å². The van der Waals surface area contributed by atoms with Gasteiger partial charge in [-0.15, -0.1) is 0 Å². The van der Waals surface area contributed by atoms with Gasteiger partial charge in [0.1, 0.15) is 11.4 Å². The van der Waals surface area contributed by atoms with E-state index in [-0.39, 0.29) is 22.6 Å². The third-order valence-electron chi connectivity index (χ3n) is 4.09. The van der Waals surface area contributed by atoms with Gasteiger partial charge in [0, 0.05) is 12.1 Å². The van der Waals surface area contributed by atoms with Crippen molar-refractivity contribution in [2.45, 2.75) is 20.1 Å². The second-order valence-electron chi connectivity index (χ2n) is 5.80. The molecule has 0 fully saturated rings. The monoisotopic (exact) mass is 386 g/mol. The molecule has 0 aliphatic rings. The van der Waals surface area contributed by atoms with Crippen LogP contribution in [0.25, 0.3) is 23.2 Å². The predicted octanol–water partition coefficient (Wildman–Crippen LogP) is 3.89. The number of carboxylic acids is 1. The summed E-state index contributed by atoms with van der Waals surface area (Å²) in [6.07, 6.45) is 2.85. The molecule has 1 aromatic heterocycles. The summed E-state index contributed by atoms with van der Waals surface area (Å²) >= 11 is 0. The maximum atomic E-state index is 12.7. The average Bonchev–Trinajstić information content (AvgIpc) is 2.66. The number of aromatic nitrogens is 2. The van der Waals surface area contributed by atoms with Crippen molar-refractivity contribution < 1.29 is 23.4 Å². The number of aromatic carboxylic acids is 1. The standard InChI is InChI=1S/C20H16F2N2O4/c1-2-24-16-10-8-13(19(26)27)11-15(16)23-14(18(24)25)9-7-12-5-3-4-6-17(12)28-20(21)22/h3-11,20H,2H2,1H3,(H,26,27). The summed E-state index contributed by atoms with van der Waals surface area (Å²) in [5.74, 6) is -1.13. The van der Waals surface area contributed by atoms with Gasteiger partial charge in [-0.25, -0.2) is 9.78 Å². The number of hydrogen-bond donors (Lipinski definition) is 1. The lowest BCUT2D eigenvalue weighted by molar-refractivity contribution is -0.0499. The molecule has 0 atom stereocenters. The molecule has 144 valence electrons. The summed E-state index contributed by atoms with van der Waals surface area (Å²) in [7, 11) is 0. The molecule has 6 nitrogen and oxygen atoms in total. The molecule has 3 aromatic rings. The molecule has 0 amide bonds. The van der Waals surface area contributed by atoms with Crippen molar-refractivity contribution in [2.75, 3.05) is 0 Å². The van der Waals surface area contributed by atoms with Gasteiger partial charge in [-0.05, 0) is 43.3 Å². The number of ether oxygens (including phenoxy) is 1. The van der Waals surface area contributed by atoms with Crippen molar-refractivity contribution in [1.82, 2.24) is 9.55 Å². The highest BCUT2D eigenvalue weighted by molar-refractivity contribution is 5.92. The summed E-state index contributed by atoms with van der Waals surface area (Å²) < 4.78 is 31.0. The van der Waals surface area contributed by atoms with Crippen LogP contribution in [0.15, 0.2) is 47.3 Å². The predicted molar refractivity (Wildman–Crippen MR) is 101 cm³/mol. The Morgan fingerprint density at radius 3 is 2.68 bits per heavy atom. The number of carbonyl (C=O) groups is 1. The number of benzene rings is 2. The minimum Gasteiger partial charge on any atom is -0.478 e. The first-order valence-corrected chi connectivity index (χ1v) is 8.40. The largest absolute Gasteiger partial charge is 0.478 e. The second-order valence-corrected chi connectivity index (χ2v) is 5.80. The third-order valence-corrected chi connectivity index (χ3v) is 4.09. The van der Waals surface area contributed by atoms with Crippen LogP contribution in [-0.4, -0.2) is 27.2 Å². The summed E-state index contributed by atoms with van der Waals surface area (Å²) in [6.45, 7) is -0.832. The summed E-state index contributed by atoms with van der Waals surface area (Å²) in [6, 6.07) is 10.5. The molecular formula is C20H16F2N2O4. The molecule has 8 heteroatoms. The summed E-state index contributed by atoms with van der Waals surface area (Å²) in [4.78, 5) is 28.2. The van der Waals surface area contributed by atoms with Crippen LogP contribution in [0.1, 0.15) is 28.5 Å². The number of para-hydroxylation sites is 1. The fourth-order valence-electron chi connectivity index (χ4n) is 2.81. The Morgan fingerprint density at radius 2 is 2.00 bits per heavy atom. The second kappa shape index (κ2) is 7.99. The first-order chi connectivity index (χ1) is 13.4. The van der Waals surface area contributed by atoms with Gasteiger partial charge in [0.25, 0.3) is 5.56 Å². The molecule has 28 heavy (non-hydrogen) atoms. The maximum absolute atomic E-state index is 12.7. The topological polar surface area (TPSA) is 81.4 Å². The van der Waals surface area contributed by atoms with E-state index in [0.29, 0.717) is 23.1 Å². The molecule has 3 rings (SSSR count). The average molecular weight is 386 g/mol. The Balaban J connectivity index is 2.11. The van der Waals surface area contributed by atoms with Gasteiger partial charge in [0.15, 0.2) is 0 Å². The Labute approximate surface area is 158 Å². The van der Waals surface area contributed by atoms with Gasteiger partial charge in [-0.1, -0.05) is 18.2 Å². The minimum absolute atomic E-state index is 0.0291. The molecule has 1 heterocycles. The maximum Gasteiger partial charge on any atom is 0.387 e. The van der Waals surface area contributed by atoms with Crippen molar-refractivity contribution in [3.05, 3.63) is 69.6 Å².